The van der Waals surface area contributed by atoms with E-state index in [1.807, 2.05) is 18.2 Å². The van der Waals surface area contributed by atoms with Gasteiger partial charge in [0.2, 0.25) is 0 Å². The minimum absolute atomic E-state index is 0.454. The first-order valence-electron chi connectivity index (χ1n) is 6.19. The summed E-state index contributed by atoms with van der Waals surface area (Å²) < 4.78 is 11.0. The van der Waals surface area contributed by atoms with Crippen LogP contribution in [0.3, 0.4) is 0 Å². The predicted octanol–water partition coefficient (Wildman–Crippen LogP) is 2.94. The van der Waals surface area contributed by atoms with Gasteiger partial charge < -0.3 is 14.8 Å². The zero-order chi connectivity index (χ0) is 13.4. The normalized spacial score (nSPS) is 10.7. The molecule has 0 amide bonds. The largest absolute Gasteiger partial charge is 0.497 e. The number of benzene rings is 1. The first-order chi connectivity index (χ1) is 8.67. The molecule has 18 heavy (non-hydrogen) atoms. The highest BCUT2D eigenvalue weighted by atomic mass is 32.2. The van der Waals surface area contributed by atoms with Crippen molar-refractivity contribution >= 4 is 11.8 Å². The molecule has 0 spiro atoms. The van der Waals surface area contributed by atoms with Crippen LogP contribution in [0.4, 0.5) is 0 Å². The van der Waals surface area contributed by atoms with E-state index in [4.69, 9.17) is 9.47 Å². The molecule has 3 nitrogen and oxygen atoms in total. The predicted molar refractivity (Wildman–Crippen MR) is 78.8 cm³/mol. The van der Waals surface area contributed by atoms with Crippen molar-refractivity contribution in [3.63, 3.8) is 0 Å². The maximum Gasteiger partial charge on any atom is 0.124 e. The summed E-state index contributed by atoms with van der Waals surface area (Å²) in [6.45, 7) is 5.80. The quantitative estimate of drug-likeness (QED) is 0.735. The number of methoxy groups -OCH3 is 1. The topological polar surface area (TPSA) is 30.5 Å². The van der Waals surface area contributed by atoms with Gasteiger partial charge in [-0.05, 0) is 24.5 Å². The van der Waals surface area contributed by atoms with E-state index < -0.39 is 0 Å². The maximum absolute atomic E-state index is 5.79. The lowest BCUT2D eigenvalue weighted by molar-refractivity contribution is 0.337. The molecule has 0 fully saturated rings. The summed E-state index contributed by atoms with van der Waals surface area (Å²) in [5.74, 6) is 2.81. The third-order valence-electron chi connectivity index (χ3n) is 2.51. The molecule has 0 saturated carbocycles. The molecule has 0 saturated heterocycles. The van der Waals surface area contributed by atoms with Crippen molar-refractivity contribution in [1.29, 1.82) is 0 Å². The Balaban J connectivity index is 2.72. The highest BCUT2D eigenvalue weighted by Gasteiger charge is 2.06. The number of rotatable bonds is 8. The van der Waals surface area contributed by atoms with Gasteiger partial charge in [0.15, 0.2) is 0 Å². The van der Waals surface area contributed by atoms with E-state index in [0.717, 1.165) is 36.0 Å². The minimum Gasteiger partial charge on any atom is -0.497 e. The highest BCUT2D eigenvalue weighted by Crippen LogP contribution is 2.24. The molecule has 0 heterocycles. The zero-order valence-corrected chi connectivity index (χ0v) is 12.5. The first-order valence-corrected chi connectivity index (χ1v) is 7.58. The van der Waals surface area contributed by atoms with E-state index >= 15 is 0 Å². The molecule has 0 aliphatic heterocycles. The summed E-state index contributed by atoms with van der Waals surface area (Å²) in [4.78, 5) is 0. The fourth-order valence-corrected chi connectivity index (χ4v) is 1.76. The second kappa shape index (κ2) is 8.27. The summed E-state index contributed by atoms with van der Waals surface area (Å²) >= 11 is 1.79. The van der Waals surface area contributed by atoms with Crippen LogP contribution in [0.5, 0.6) is 11.5 Å². The monoisotopic (exact) mass is 269 g/mol. The van der Waals surface area contributed by atoms with Crippen molar-refractivity contribution in [3.8, 4) is 11.5 Å². The number of hydrogen-bond donors (Lipinski definition) is 1. The van der Waals surface area contributed by atoms with Gasteiger partial charge in [-0.2, -0.15) is 11.8 Å². The summed E-state index contributed by atoms with van der Waals surface area (Å²) in [6.07, 6.45) is 2.08. The van der Waals surface area contributed by atoms with Crippen LogP contribution in [0.1, 0.15) is 19.4 Å². The van der Waals surface area contributed by atoms with E-state index in [1.54, 1.807) is 18.9 Å². The molecule has 1 rings (SSSR count). The van der Waals surface area contributed by atoms with E-state index in [2.05, 4.69) is 25.4 Å². The average molecular weight is 269 g/mol. The van der Waals surface area contributed by atoms with Crippen molar-refractivity contribution < 1.29 is 9.47 Å². The highest BCUT2D eigenvalue weighted by molar-refractivity contribution is 7.98. The fraction of sp³-hybridized carbons (Fsp3) is 0.571. The second-order valence-electron chi connectivity index (χ2n) is 4.35. The van der Waals surface area contributed by atoms with Crippen molar-refractivity contribution in [2.75, 3.05) is 25.7 Å². The lowest BCUT2D eigenvalue weighted by atomic mass is 10.1. The van der Waals surface area contributed by atoms with Gasteiger partial charge >= 0.3 is 0 Å². The van der Waals surface area contributed by atoms with Crippen molar-refractivity contribution in [3.05, 3.63) is 23.8 Å². The number of nitrogens with one attached hydrogen (secondary N) is 1. The Morgan fingerprint density at radius 2 is 2.11 bits per heavy atom. The zero-order valence-electron chi connectivity index (χ0n) is 11.7. The van der Waals surface area contributed by atoms with Gasteiger partial charge in [-0.25, -0.2) is 0 Å². The molecule has 0 bridgehead atoms. The molecule has 0 aliphatic rings. The molecule has 0 atom stereocenters. The molecule has 0 unspecified atom stereocenters. The number of ether oxygens (including phenoxy) is 2. The smallest absolute Gasteiger partial charge is 0.124 e. The lowest BCUT2D eigenvalue weighted by Crippen LogP contribution is -2.22. The fourth-order valence-electron chi connectivity index (χ4n) is 1.51. The van der Waals surface area contributed by atoms with Crippen LogP contribution in [0.15, 0.2) is 18.2 Å². The maximum atomic E-state index is 5.79. The van der Waals surface area contributed by atoms with Gasteiger partial charge in [0.05, 0.1) is 13.7 Å². The molecule has 1 aromatic rings. The van der Waals surface area contributed by atoms with Gasteiger partial charge in [-0.15, -0.1) is 0 Å². The van der Waals surface area contributed by atoms with E-state index in [9.17, 15) is 0 Å². The standard InChI is InChI=1S/C14H23NO2S/c1-11(2)15-10-12-9-13(16-3)5-6-14(12)17-7-8-18-4/h5-6,9,11,15H,7-8,10H2,1-4H3. The molecule has 0 aromatic heterocycles. The van der Waals surface area contributed by atoms with Crippen molar-refractivity contribution in [2.45, 2.75) is 26.4 Å². The van der Waals surface area contributed by atoms with Crippen molar-refractivity contribution in [2.24, 2.45) is 0 Å². The Kier molecular flexibility index (Phi) is 6.98. The van der Waals surface area contributed by atoms with Crippen LogP contribution in [-0.2, 0) is 6.54 Å². The Morgan fingerprint density at radius 1 is 1.33 bits per heavy atom. The molecular weight excluding hydrogens is 246 g/mol. The van der Waals surface area contributed by atoms with E-state index in [-0.39, 0.29) is 0 Å². The Bertz CT molecular complexity index is 356. The summed E-state index contributed by atoms with van der Waals surface area (Å²) in [5, 5.41) is 3.40. The molecule has 1 aromatic carbocycles. The third kappa shape index (κ3) is 5.19. The first kappa shape index (κ1) is 15.2. The van der Waals surface area contributed by atoms with Crippen LogP contribution in [0.25, 0.3) is 0 Å². The van der Waals surface area contributed by atoms with Gasteiger partial charge in [-0.3, -0.25) is 0 Å². The van der Waals surface area contributed by atoms with Crippen LogP contribution in [0.2, 0.25) is 0 Å². The van der Waals surface area contributed by atoms with Gasteiger partial charge in [0.25, 0.3) is 0 Å². The third-order valence-corrected chi connectivity index (χ3v) is 3.09. The van der Waals surface area contributed by atoms with Crippen LogP contribution in [0, 0.1) is 0 Å². The SMILES string of the molecule is COc1ccc(OCCSC)c(CNC(C)C)c1. The number of thioether (sulfide) groups is 1. The Hall–Kier alpha value is -0.870. The molecule has 4 heteroatoms. The molecule has 0 radical (unpaired) electrons. The van der Waals surface area contributed by atoms with Crippen molar-refractivity contribution in [1.82, 2.24) is 5.32 Å². The van der Waals surface area contributed by atoms with E-state index in [1.165, 1.54) is 0 Å². The Labute approximate surface area is 114 Å². The van der Waals surface area contributed by atoms with E-state index in [0.29, 0.717) is 6.04 Å². The number of hydrogen-bond acceptors (Lipinski definition) is 4. The van der Waals surface area contributed by atoms with Crippen LogP contribution >= 0.6 is 11.8 Å². The second-order valence-corrected chi connectivity index (χ2v) is 5.34. The molecular formula is C14H23NO2S. The van der Waals surface area contributed by atoms with Gasteiger partial charge in [-0.1, -0.05) is 13.8 Å². The Morgan fingerprint density at radius 3 is 2.72 bits per heavy atom. The minimum atomic E-state index is 0.454. The van der Waals surface area contributed by atoms with Crippen LogP contribution < -0.4 is 14.8 Å². The van der Waals surface area contributed by atoms with Gasteiger partial charge in [0, 0.05) is 23.9 Å². The molecule has 1 N–H and O–H groups in total. The average Bonchev–Trinajstić information content (AvgIpc) is 2.37. The lowest BCUT2D eigenvalue weighted by Gasteiger charge is -2.14. The summed E-state index contributed by atoms with van der Waals surface area (Å²) in [7, 11) is 1.68. The molecule has 0 aliphatic carbocycles. The molecule has 102 valence electrons. The summed E-state index contributed by atoms with van der Waals surface area (Å²) in [6, 6.07) is 6.41. The van der Waals surface area contributed by atoms with Gasteiger partial charge in [0.1, 0.15) is 11.5 Å². The van der Waals surface area contributed by atoms with Crippen LogP contribution in [-0.4, -0.2) is 31.8 Å². The summed E-state index contributed by atoms with van der Waals surface area (Å²) in [5.41, 5.74) is 1.14.